The Balaban J connectivity index is 4.23. The summed E-state index contributed by atoms with van der Waals surface area (Å²) in [5.41, 5.74) is 0. The zero-order valence-corrected chi connectivity index (χ0v) is 11.6. The van der Waals surface area contributed by atoms with Gasteiger partial charge < -0.3 is 15.0 Å². The molecule has 0 saturated carbocycles. The Labute approximate surface area is 109 Å². The van der Waals surface area contributed by atoms with Crippen molar-refractivity contribution < 1.29 is 14.3 Å². The molecule has 18 heavy (non-hydrogen) atoms. The van der Waals surface area contributed by atoms with Gasteiger partial charge in [-0.05, 0) is 5.92 Å². The molecule has 0 aromatic heterocycles. The van der Waals surface area contributed by atoms with Gasteiger partial charge in [-0.3, -0.25) is 9.59 Å². The van der Waals surface area contributed by atoms with Crippen LogP contribution in [0.2, 0.25) is 0 Å². The van der Waals surface area contributed by atoms with Crippen LogP contribution in [-0.2, 0) is 14.3 Å². The Kier molecular flexibility index (Phi) is 8.92. The predicted octanol–water partition coefficient (Wildman–Crippen LogP) is 0.810. The Morgan fingerprint density at radius 2 is 2.11 bits per heavy atom. The van der Waals surface area contributed by atoms with Gasteiger partial charge in [0.1, 0.15) is 0 Å². The number of hydrogen-bond acceptors (Lipinski definition) is 4. The van der Waals surface area contributed by atoms with Gasteiger partial charge in [-0.2, -0.15) is 0 Å². The Bertz CT molecular complexity index is 277. The van der Waals surface area contributed by atoms with Crippen LogP contribution in [0.1, 0.15) is 20.3 Å². The molecule has 5 nitrogen and oxygen atoms in total. The SMILES string of the molecule is C=CCNCC(=O)N(CCC(=O)OC)CC(C)C. The van der Waals surface area contributed by atoms with E-state index in [0.29, 0.717) is 25.6 Å². The molecule has 0 aromatic rings. The lowest BCUT2D eigenvalue weighted by atomic mass is 10.2. The average molecular weight is 256 g/mol. The normalized spacial score (nSPS) is 10.2. The maximum atomic E-state index is 11.9. The number of methoxy groups -OCH3 is 1. The van der Waals surface area contributed by atoms with Crippen LogP contribution in [0, 0.1) is 5.92 Å². The Morgan fingerprint density at radius 3 is 2.61 bits per heavy atom. The number of carbonyl (C=O) groups excluding carboxylic acids is 2. The van der Waals surface area contributed by atoms with E-state index >= 15 is 0 Å². The van der Waals surface area contributed by atoms with Gasteiger partial charge in [-0.25, -0.2) is 0 Å². The molecule has 0 aromatic carbocycles. The quantitative estimate of drug-likeness (QED) is 0.377. The average Bonchev–Trinajstić information content (AvgIpc) is 2.33. The van der Waals surface area contributed by atoms with Crippen LogP contribution in [-0.4, -0.2) is 50.1 Å². The van der Waals surface area contributed by atoms with Gasteiger partial charge in [0, 0.05) is 19.6 Å². The van der Waals surface area contributed by atoms with Crippen molar-refractivity contribution in [2.75, 3.05) is 33.3 Å². The van der Waals surface area contributed by atoms with Crippen LogP contribution in [0.25, 0.3) is 0 Å². The molecule has 1 N–H and O–H groups in total. The highest BCUT2D eigenvalue weighted by molar-refractivity contribution is 5.79. The van der Waals surface area contributed by atoms with E-state index in [-0.39, 0.29) is 24.8 Å². The molecule has 0 saturated heterocycles. The molecule has 1 amide bonds. The standard InChI is InChI=1S/C13H24N2O3/c1-5-7-14-9-12(16)15(10-11(2)3)8-6-13(17)18-4/h5,11,14H,1,6-10H2,2-4H3. The summed E-state index contributed by atoms with van der Waals surface area (Å²) in [7, 11) is 1.35. The third kappa shape index (κ3) is 7.84. The summed E-state index contributed by atoms with van der Waals surface area (Å²) in [5, 5.41) is 2.96. The maximum absolute atomic E-state index is 11.9. The Morgan fingerprint density at radius 1 is 1.44 bits per heavy atom. The molecule has 0 bridgehead atoms. The summed E-state index contributed by atoms with van der Waals surface area (Å²) in [6, 6.07) is 0. The van der Waals surface area contributed by atoms with E-state index in [4.69, 9.17) is 0 Å². The number of ether oxygens (including phenoxy) is 1. The van der Waals surface area contributed by atoms with E-state index in [1.807, 2.05) is 13.8 Å². The van der Waals surface area contributed by atoms with Gasteiger partial charge in [-0.1, -0.05) is 19.9 Å². The van der Waals surface area contributed by atoms with Gasteiger partial charge >= 0.3 is 5.97 Å². The lowest BCUT2D eigenvalue weighted by Gasteiger charge is -2.24. The molecule has 0 spiro atoms. The van der Waals surface area contributed by atoms with E-state index in [1.165, 1.54) is 7.11 Å². The molecular formula is C13H24N2O3. The van der Waals surface area contributed by atoms with E-state index < -0.39 is 0 Å². The van der Waals surface area contributed by atoms with Gasteiger partial charge in [0.15, 0.2) is 0 Å². The van der Waals surface area contributed by atoms with Crippen molar-refractivity contribution in [1.82, 2.24) is 10.2 Å². The summed E-state index contributed by atoms with van der Waals surface area (Å²) in [4.78, 5) is 24.7. The fourth-order valence-electron chi connectivity index (χ4n) is 1.48. The molecule has 0 aliphatic carbocycles. The van der Waals surface area contributed by atoms with E-state index in [1.54, 1.807) is 11.0 Å². The second-order valence-electron chi connectivity index (χ2n) is 4.48. The maximum Gasteiger partial charge on any atom is 0.307 e. The Hall–Kier alpha value is -1.36. The topological polar surface area (TPSA) is 58.6 Å². The van der Waals surface area contributed by atoms with E-state index in [2.05, 4.69) is 16.6 Å². The number of esters is 1. The third-order valence-corrected chi connectivity index (χ3v) is 2.32. The van der Waals surface area contributed by atoms with Crippen LogP contribution in [0.5, 0.6) is 0 Å². The largest absolute Gasteiger partial charge is 0.469 e. The number of rotatable bonds is 9. The van der Waals surface area contributed by atoms with Crippen molar-refractivity contribution in [3.8, 4) is 0 Å². The van der Waals surface area contributed by atoms with Crippen LogP contribution >= 0.6 is 0 Å². The van der Waals surface area contributed by atoms with Gasteiger partial charge in [0.05, 0.1) is 20.1 Å². The second kappa shape index (κ2) is 9.65. The minimum absolute atomic E-state index is 0.00514. The predicted molar refractivity (Wildman–Crippen MR) is 71.1 cm³/mol. The van der Waals surface area contributed by atoms with E-state index in [9.17, 15) is 9.59 Å². The van der Waals surface area contributed by atoms with E-state index in [0.717, 1.165) is 0 Å². The summed E-state index contributed by atoms with van der Waals surface area (Å²) >= 11 is 0. The van der Waals surface area contributed by atoms with Gasteiger partial charge in [-0.15, -0.1) is 6.58 Å². The van der Waals surface area contributed by atoms with Crippen LogP contribution in [0.4, 0.5) is 0 Å². The monoisotopic (exact) mass is 256 g/mol. The number of amides is 1. The van der Waals surface area contributed by atoms with Crippen molar-refractivity contribution in [3.05, 3.63) is 12.7 Å². The van der Waals surface area contributed by atoms with Crippen molar-refractivity contribution in [2.24, 2.45) is 5.92 Å². The molecule has 0 atom stereocenters. The molecule has 0 fully saturated rings. The molecular weight excluding hydrogens is 232 g/mol. The molecule has 0 rings (SSSR count). The van der Waals surface area contributed by atoms with Gasteiger partial charge in [0.2, 0.25) is 5.91 Å². The highest BCUT2D eigenvalue weighted by Gasteiger charge is 2.15. The zero-order chi connectivity index (χ0) is 14.0. The summed E-state index contributed by atoms with van der Waals surface area (Å²) in [6.45, 7) is 9.55. The number of nitrogens with zero attached hydrogens (tertiary/aromatic N) is 1. The third-order valence-electron chi connectivity index (χ3n) is 2.32. The molecule has 104 valence electrons. The molecule has 0 heterocycles. The fourth-order valence-corrected chi connectivity index (χ4v) is 1.48. The highest BCUT2D eigenvalue weighted by atomic mass is 16.5. The van der Waals surface area contributed by atoms with Crippen molar-refractivity contribution in [2.45, 2.75) is 20.3 Å². The fraction of sp³-hybridized carbons (Fsp3) is 0.692. The summed E-state index contributed by atoms with van der Waals surface area (Å²) < 4.78 is 4.58. The molecule has 0 aliphatic rings. The molecule has 0 radical (unpaired) electrons. The van der Waals surface area contributed by atoms with Crippen molar-refractivity contribution in [3.63, 3.8) is 0 Å². The first kappa shape index (κ1) is 16.6. The lowest BCUT2D eigenvalue weighted by Crippen LogP contribution is -2.41. The van der Waals surface area contributed by atoms with Gasteiger partial charge in [0.25, 0.3) is 0 Å². The number of carbonyl (C=O) groups is 2. The van der Waals surface area contributed by atoms with Crippen molar-refractivity contribution in [1.29, 1.82) is 0 Å². The first-order valence-electron chi connectivity index (χ1n) is 6.17. The highest BCUT2D eigenvalue weighted by Crippen LogP contribution is 2.01. The first-order chi connectivity index (χ1) is 8.51. The minimum atomic E-state index is -0.296. The summed E-state index contributed by atoms with van der Waals surface area (Å²) in [6.07, 6.45) is 1.94. The summed E-state index contributed by atoms with van der Waals surface area (Å²) in [5.74, 6) is 0.0658. The number of nitrogens with one attached hydrogen (secondary N) is 1. The minimum Gasteiger partial charge on any atom is -0.469 e. The van der Waals surface area contributed by atoms with Crippen molar-refractivity contribution >= 4 is 11.9 Å². The van der Waals surface area contributed by atoms with Crippen LogP contribution in [0.15, 0.2) is 12.7 Å². The molecule has 0 aliphatic heterocycles. The van der Waals surface area contributed by atoms with Crippen LogP contribution in [0.3, 0.4) is 0 Å². The smallest absolute Gasteiger partial charge is 0.307 e. The van der Waals surface area contributed by atoms with Crippen LogP contribution < -0.4 is 5.32 Å². The molecule has 5 heteroatoms. The molecule has 0 unspecified atom stereocenters. The lowest BCUT2D eigenvalue weighted by molar-refractivity contribution is -0.141. The number of hydrogen-bond donors (Lipinski definition) is 1. The zero-order valence-electron chi connectivity index (χ0n) is 11.6. The second-order valence-corrected chi connectivity index (χ2v) is 4.48. The first-order valence-corrected chi connectivity index (χ1v) is 6.17.